The number of hydrogen-bond donors (Lipinski definition) is 0. The lowest BCUT2D eigenvalue weighted by Crippen LogP contribution is -2.35. The Labute approximate surface area is 165 Å². The van der Waals surface area contributed by atoms with E-state index >= 15 is 0 Å². The van der Waals surface area contributed by atoms with Crippen molar-refractivity contribution in [2.75, 3.05) is 18.0 Å². The van der Waals surface area contributed by atoms with Crippen molar-refractivity contribution in [2.45, 2.75) is 39.2 Å². The number of piperidine rings is 1. The van der Waals surface area contributed by atoms with Gasteiger partial charge >= 0.3 is 0 Å². The van der Waals surface area contributed by atoms with Gasteiger partial charge in [0.1, 0.15) is 17.7 Å². The van der Waals surface area contributed by atoms with Crippen molar-refractivity contribution in [2.24, 2.45) is 0 Å². The summed E-state index contributed by atoms with van der Waals surface area (Å²) in [4.78, 5) is 15.7. The van der Waals surface area contributed by atoms with Gasteiger partial charge in [0.2, 0.25) is 0 Å². The molecular formula is C22H24N6. The van der Waals surface area contributed by atoms with Gasteiger partial charge in [0, 0.05) is 56.0 Å². The largest absolute Gasteiger partial charge is 0.355 e. The molecule has 3 aromatic heterocycles. The summed E-state index contributed by atoms with van der Waals surface area (Å²) in [5, 5.41) is 9.57. The molecular weight excluding hydrogens is 348 g/mol. The minimum absolute atomic E-state index is 0.421. The molecule has 0 radical (unpaired) electrons. The maximum absolute atomic E-state index is 9.57. The van der Waals surface area contributed by atoms with Crippen LogP contribution in [0.1, 0.15) is 47.0 Å². The standard InChI is InChI=1S/C22H24N6/c1-16-13-17(2)26-22(20(16)14-23)27-10-5-19(6-11-27)21-25-9-12-28(21)15-18-3-7-24-8-4-18/h3-4,7-9,12-13,19H,5-6,10-11,15H2,1-2H3. The van der Waals surface area contributed by atoms with Crippen LogP contribution in [0.5, 0.6) is 0 Å². The van der Waals surface area contributed by atoms with Gasteiger partial charge in [-0.15, -0.1) is 0 Å². The third-order valence-corrected chi connectivity index (χ3v) is 5.45. The monoisotopic (exact) mass is 372 g/mol. The Kier molecular flexibility index (Phi) is 5.07. The van der Waals surface area contributed by atoms with E-state index in [0.29, 0.717) is 11.5 Å². The molecule has 4 rings (SSSR count). The van der Waals surface area contributed by atoms with E-state index in [1.807, 2.05) is 50.6 Å². The number of nitriles is 1. The van der Waals surface area contributed by atoms with Gasteiger partial charge in [0.25, 0.3) is 0 Å². The first-order valence-electron chi connectivity index (χ1n) is 9.69. The molecule has 6 nitrogen and oxygen atoms in total. The van der Waals surface area contributed by atoms with Crippen molar-refractivity contribution in [3.8, 4) is 6.07 Å². The minimum Gasteiger partial charge on any atom is -0.355 e. The Bertz CT molecular complexity index is 994. The van der Waals surface area contributed by atoms with Crippen LogP contribution in [-0.2, 0) is 6.54 Å². The molecule has 0 saturated carbocycles. The topological polar surface area (TPSA) is 70.6 Å². The van der Waals surface area contributed by atoms with Crippen molar-refractivity contribution >= 4 is 5.82 Å². The van der Waals surface area contributed by atoms with Crippen LogP contribution in [0.3, 0.4) is 0 Å². The summed E-state index contributed by atoms with van der Waals surface area (Å²) in [5.74, 6) is 2.40. The van der Waals surface area contributed by atoms with Crippen LogP contribution in [-0.4, -0.2) is 32.6 Å². The number of aromatic nitrogens is 4. The molecule has 1 aliphatic rings. The van der Waals surface area contributed by atoms with E-state index in [-0.39, 0.29) is 0 Å². The number of nitrogens with zero attached hydrogens (tertiary/aromatic N) is 6. The van der Waals surface area contributed by atoms with Gasteiger partial charge in [0.15, 0.2) is 0 Å². The Morgan fingerprint density at radius 1 is 1.14 bits per heavy atom. The zero-order valence-corrected chi connectivity index (χ0v) is 16.3. The number of rotatable bonds is 4. The van der Waals surface area contributed by atoms with Gasteiger partial charge in [-0.2, -0.15) is 5.26 Å². The van der Waals surface area contributed by atoms with Crippen LogP contribution in [0.2, 0.25) is 0 Å². The molecule has 28 heavy (non-hydrogen) atoms. The van der Waals surface area contributed by atoms with E-state index < -0.39 is 0 Å². The molecule has 0 atom stereocenters. The summed E-state index contributed by atoms with van der Waals surface area (Å²) in [6.45, 7) is 6.56. The highest BCUT2D eigenvalue weighted by Crippen LogP contribution is 2.31. The first-order valence-corrected chi connectivity index (χ1v) is 9.69. The van der Waals surface area contributed by atoms with Crippen LogP contribution in [0, 0.1) is 25.2 Å². The number of anilines is 1. The Balaban J connectivity index is 1.49. The van der Waals surface area contributed by atoms with Crippen molar-refractivity contribution in [3.63, 3.8) is 0 Å². The number of pyridine rings is 2. The zero-order valence-electron chi connectivity index (χ0n) is 16.3. The minimum atomic E-state index is 0.421. The first-order chi connectivity index (χ1) is 13.7. The second-order valence-corrected chi connectivity index (χ2v) is 7.42. The molecule has 0 aliphatic carbocycles. The second kappa shape index (κ2) is 7.81. The van der Waals surface area contributed by atoms with Gasteiger partial charge in [-0.1, -0.05) is 0 Å². The smallest absolute Gasteiger partial charge is 0.147 e. The first kappa shape index (κ1) is 18.2. The molecule has 0 amide bonds. The van der Waals surface area contributed by atoms with E-state index in [4.69, 9.17) is 0 Å². The lowest BCUT2D eigenvalue weighted by molar-refractivity contribution is 0.468. The quantitative estimate of drug-likeness (QED) is 0.700. The molecule has 1 saturated heterocycles. The summed E-state index contributed by atoms with van der Waals surface area (Å²) in [6.07, 6.45) is 9.62. The molecule has 0 bridgehead atoms. The Hall–Kier alpha value is -3.20. The molecule has 1 aliphatic heterocycles. The van der Waals surface area contributed by atoms with Crippen molar-refractivity contribution < 1.29 is 0 Å². The van der Waals surface area contributed by atoms with Gasteiger partial charge in [-0.25, -0.2) is 9.97 Å². The van der Waals surface area contributed by atoms with Gasteiger partial charge in [0.05, 0.1) is 5.56 Å². The summed E-state index contributed by atoms with van der Waals surface area (Å²) in [6, 6.07) is 8.40. The Morgan fingerprint density at radius 3 is 2.61 bits per heavy atom. The fourth-order valence-electron chi connectivity index (χ4n) is 4.03. The molecule has 0 N–H and O–H groups in total. The molecule has 3 aromatic rings. The molecule has 0 unspecified atom stereocenters. The zero-order chi connectivity index (χ0) is 19.5. The van der Waals surface area contributed by atoms with E-state index in [1.54, 1.807) is 0 Å². The van der Waals surface area contributed by atoms with Gasteiger partial charge in [-0.05, 0) is 56.0 Å². The lowest BCUT2D eigenvalue weighted by Gasteiger charge is -2.33. The summed E-state index contributed by atoms with van der Waals surface area (Å²) >= 11 is 0. The predicted molar refractivity (Wildman–Crippen MR) is 108 cm³/mol. The number of aryl methyl sites for hydroxylation is 2. The molecule has 0 aromatic carbocycles. The normalized spacial score (nSPS) is 14.8. The van der Waals surface area contributed by atoms with Crippen LogP contribution in [0.15, 0.2) is 43.0 Å². The highest BCUT2D eigenvalue weighted by Gasteiger charge is 2.26. The number of imidazole rings is 1. The van der Waals surface area contributed by atoms with E-state index in [0.717, 1.165) is 55.4 Å². The van der Waals surface area contributed by atoms with E-state index in [2.05, 4.69) is 36.7 Å². The van der Waals surface area contributed by atoms with Crippen molar-refractivity contribution in [3.05, 3.63) is 71.2 Å². The number of hydrogen-bond acceptors (Lipinski definition) is 5. The van der Waals surface area contributed by atoms with Crippen LogP contribution in [0.25, 0.3) is 0 Å². The molecule has 142 valence electrons. The molecule has 6 heteroatoms. The van der Waals surface area contributed by atoms with Crippen molar-refractivity contribution in [1.29, 1.82) is 5.26 Å². The maximum atomic E-state index is 9.57. The summed E-state index contributed by atoms with van der Waals surface area (Å²) < 4.78 is 2.24. The molecule has 1 fully saturated rings. The fourth-order valence-corrected chi connectivity index (χ4v) is 4.03. The fraction of sp³-hybridized carbons (Fsp3) is 0.364. The highest BCUT2D eigenvalue weighted by atomic mass is 15.2. The highest BCUT2D eigenvalue weighted by molar-refractivity contribution is 5.58. The third kappa shape index (κ3) is 3.61. The molecule has 4 heterocycles. The van der Waals surface area contributed by atoms with E-state index in [1.165, 1.54) is 5.56 Å². The van der Waals surface area contributed by atoms with E-state index in [9.17, 15) is 5.26 Å². The van der Waals surface area contributed by atoms with Crippen molar-refractivity contribution in [1.82, 2.24) is 19.5 Å². The average Bonchev–Trinajstić information content (AvgIpc) is 3.16. The van der Waals surface area contributed by atoms with Gasteiger partial charge in [-0.3, -0.25) is 4.98 Å². The summed E-state index contributed by atoms with van der Waals surface area (Å²) in [7, 11) is 0. The average molecular weight is 372 g/mol. The SMILES string of the molecule is Cc1cc(C)c(C#N)c(N2CCC(c3nccn3Cc3ccncc3)CC2)n1. The van der Waals surface area contributed by atoms with Crippen LogP contribution >= 0.6 is 0 Å². The maximum Gasteiger partial charge on any atom is 0.147 e. The lowest BCUT2D eigenvalue weighted by atomic mass is 9.95. The summed E-state index contributed by atoms with van der Waals surface area (Å²) in [5.41, 5.74) is 3.88. The Morgan fingerprint density at radius 2 is 1.89 bits per heavy atom. The van der Waals surface area contributed by atoms with Crippen LogP contribution < -0.4 is 4.90 Å². The van der Waals surface area contributed by atoms with Gasteiger partial charge < -0.3 is 9.47 Å². The predicted octanol–water partition coefficient (Wildman–Crippen LogP) is 3.59. The molecule has 0 spiro atoms. The third-order valence-electron chi connectivity index (χ3n) is 5.45. The second-order valence-electron chi connectivity index (χ2n) is 7.42. The van der Waals surface area contributed by atoms with Crippen LogP contribution in [0.4, 0.5) is 5.82 Å².